The lowest BCUT2D eigenvalue weighted by Crippen LogP contribution is -2.45. The van der Waals surface area contributed by atoms with Crippen molar-refractivity contribution in [3.63, 3.8) is 0 Å². The van der Waals surface area contributed by atoms with Gasteiger partial charge in [-0.1, -0.05) is 30.3 Å². The Kier molecular flexibility index (Phi) is 3.97. The van der Waals surface area contributed by atoms with Crippen molar-refractivity contribution in [2.24, 2.45) is 0 Å². The normalized spacial score (nSPS) is 19.7. The Hall–Kier alpha value is -1.84. The molecule has 0 aliphatic carbocycles. The van der Waals surface area contributed by atoms with Crippen molar-refractivity contribution in [3.05, 3.63) is 35.9 Å². The van der Waals surface area contributed by atoms with Crippen LogP contribution in [0.25, 0.3) is 0 Å². The summed E-state index contributed by atoms with van der Waals surface area (Å²) < 4.78 is 5.22. The van der Waals surface area contributed by atoms with Gasteiger partial charge < -0.3 is 4.74 Å². The summed E-state index contributed by atoms with van der Waals surface area (Å²) in [6.07, 6.45) is 0.877. The molecule has 4 heteroatoms. The van der Waals surface area contributed by atoms with Gasteiger partial charge in [0.1, 0.15) is 6.61 Å². The highest BCUT2D eigenvalue weighted by molar-refractivity contribution is 5.85. The molecule has 1 unspecified atom stereocenters. The quantitative estimate of drug-likeness (QED) is 0.806. The highest BCUT2D eigenvalue weighted by Gasteiger charge is 2.28. The zero-order chi connectivity index (χ0) is 13.0. The van der Waals surface area contributed by atoms with Crippen LogP contribution in [0, 0.1) is 0 Å². The van der Waals surface area contributed by atoms with E-state index in [-0.39, 0.29) is 25.0 Å². The van der Waals surface area contributed by atoms with Gasteiger partial charge in [-0.15, -0.1) is 0 Å². The van der Waals surface area contributed by atoms with E-state index in [0.717, 1.165) is 12.0 Å². The van der Waals surface area contributed by atoms with Crippen LogP contribution < -0.4 is 0 Å². The lowest BCUT2D eigenvalue weighted by molar-refractivity contribution is -0.122. The molecule has 1 fully saturated rings. The van der Waals surface area contributed by atoms with Gasteiger partial charge in [-0.2, -0.15) is 0 Å². The van der Waals surface area contributed by atoms with E-state index in [1.165, 1.54) is 4.90 Å². The Morgan fingerprint density at radius 1 is 1.39 bits per heavy atom. The molecule has 1 amide bonds. The zero-order valence-electron chi connectivity index (χ0n) is 10.5. The summed E-state index contributed by atoms with van der Waals surface area (Å²) in [5.74, 6) is 0.102. The molecule has 4 nitrogen and oxygen atoms in total. The number of nitrogens with zero attached hydrogens (tertiary/aromatic N) is 1. The second kappa shape index (κ2) is 5.67. The van der Waals surface area contributed by atoms with E-state index in [4.69, 9.17) is 4.74 Å². The van der Waals surface area contributed by atoms with Crippen molar-refractivity contribution in [1.82, 2.24) is 4.90 Å². The average molecular weight is 247 g/mol. The molecule has 0 bridgehead atoms. The van der Waals surface area contributed by atoms with Gasteiger partial charge in [0.25, 0.3) is 0 Å². The minimum atomic E-state index is -0.403. The second-order valence-electron chi connectivity index (χ2n) is 4.59. The monoisotopic (exact) mass is 247 g/mol. The minimum absolute atomic E-state index is 0.0750. The number of piperidine rings is 1. The number of carbonyl (C=O) groups excluding carboxylic acids is 2. The van der Waals surface area contributed by atoms with Gasteiger partial charge >= 0.3 is 6.09 Å². The maximum atomic E-state index is 11.9. The van der Waals surface area contributed by atoms with Crippen LogP contribution in [0.2, 0.25) is 0 Å². The van der Waals surface area contributed by atoms with Crippen LogP contribution in [-0.2, 0) is 16.1 Å². The molecule has 1 aromatic rings. The van der Waals surface area contributed by atoms with Gasteiger partial charge in [0.2, 0.25) is 0 Å². The van der Waals surface area contributed by atoms with Gasteiger partial charge in [-0.3, -0.25) is 9.69 Å². The topological polar surface area (TPSA) is 46.6 Å². The molecule has 18 heavy (non-hydrogen) atoms. The van der Waals surface area contributed by atoms with Crippen LogP contribution in [0.5, 0.6) is 0 Å². The van der Waals surface area contributed by atoms with E-state index in [1.807, 2.05) is 37.3 Å². The minimum Gasteiger partial charge on any atom is -0.445 e. The molecule has 1 aliphatic heterocycles. The average Bonchev–Trinajstić information content (AvgIpc) is 2.40. The van der Waals surface area contributed by atoms with Crippen molar-refractivity contribution < 1.29 is 14.3 Å². The number of carbonyl (C=O) groups is 2. The fraction of sp³-hybridized carbons (Fsp3) is 0.429. The summed E-state index contributed by atoms with van der Waals surface area (Å²) in [5.41, 5.74) is 0.946. The summed E-state index contributed by atoms with van der Waals surface area (Å²) in [6.45, 7) is 2.36. The summed E-state index contributed by atoms with van der Waals surface area (Å²) in [5, 5.41) is 0. The third-order valence-electron chi connectivity index (χ3n) is 3.16. The Morgan fingerprint density at radius 2 is 2.11 bits per heavy atom. The van der Waals surface area contributed by atoms with E-state index in [0.29, 0.717) is 6.42 Å². The van der Waals surface area contributed by atoms with E-state index < -0.39 is 6.09 Å². The van der Waals surface area contributed by atoms with Gasteiger partial charge in [0.05, 0.1) is 6.54 Å². The summed E-state index contributed by atoms with van der Waals surface area (Å²) in [6, 6.07) is 9.59. The standard InChI is InChI=1S/C14H17NO3/c1-11-7-8-13(16)9-15(11)14(17)18-10-12-5-3-2-4-6-12/h2-6,11H,7-10H2,1H3. The Morgan fingerprint density at radius 3 is 2.83 bits per heavy atom. The molecule has 1 heterocycles. The SMILES string of the molecule is CC1CCC(=O)CN1C(=O)OCc1ccccc1. The molecule has 2 rings (SSSR count). The third-order valence-corrected chi connectivity index (χ3v) is 3.16. The molecule has 0 saturated carbocycles. The molecular weight excluding hydrogens is 230 g/mol. The fourth-order valence-corrected chi connectivity index (χ4v) is 2.00. The van der Waals surface area contributed by atoms with Gasteiger partial charge in [0.15, 0.2) is 5.78 Å². The maximum Gasteiger partial charge on any atom is 0.410 e. The van der Waals surface area contributed by atoms with Crippen LogP contribution in [0.4, 0.5) is 4.79 Å². The van der Waals surface area contributed by atoms with Crippen molar-refractivity contribution >= 4 is 11.9 Å². The molecule has 0 aromatic heterocycles. The van der Waals surface area contributed by atoms with Gasteiger partial charge in [-0.25, -0.2) is 4.79 Å². The first-order valence-electron chi connectivity index (χ1n) is 6.16. The number of ether oxygens (including phenoxy) is 1. The largest absolute Gasteiger partial charge is 0.445 e. The highest BCUT2D eigenvalue weighted by atomic mass is 16.6. The zero-order valence-corrected chi connectivity index (χ0v) is 10.5. The number of ketones is 1. The van der Waals surface area contributed by atoms with Crippen molar-refractivity contribution in [2.45, 2.75) is 32.4 Å². The number of hydrogen-bond acceptors (Lipinski definition) is 3. The number of benzene rings is 1. The van der Waals surface area contributed by atoms with Crippen LogP contribution in [-0.4, -0.2) is 29.4 Å². The third kappa shape index (κ3) is 3.09. The Bertz CT molecular complexity index is 430. The fourth-order valence-electron chi connectivity index (χ4n) is 2.00. The summed E-state index contributed by atoms with van der Waals surface area (Å²) in [4.78, 5) is 24.7. The number of hydrogen-bond donors (Lipinski definition) is 0. The molecule has 1 aliphatic rings. The Balaban J connectivity index is 1.89. The van der Waals surface area contributed by atoms with E-state index >= 15 is 0 Å². The number of amides is 1. The van der Waals surface area contributed by atoms with Gasteiger partial charge in [0, 0.05) is 12.5 Å². The first kappa shape index (κ1) is 12.6. The molecule has 1 aromatic carbocycles. The van der Waals surface area contributed by atoms with Crippen LogP contribution in [0.15, 0.2) is 30.3 Å². The van der Waals surface area contributed by atoms with Crippen molar-refractivity contribution in [1.29, 1.82) is 0 Å². The lowest BCUT2D eigenvalue weighted by atomic mass is 10.0. The molecule has 1 saturated heterocycles. The van der Waals surface area contributed by atoms with Crippen molar-refractivity contribution in [2.75, 3.05) is 6.54 Å². The predicted octanol–water partition coefficient (Wildman–Crippen LogP) is 2.38. The highest BCUT2D eigenvalue weighted by Crippen LogP contribution is 2.15. The second-order valence-corrected chi connectivity index (χ2v) is 4.59. The van der Waals surface area contributed by atoms with Crippen LogP contribution >= 0.6 is 0 Å². The molecular formula is C14H17NO3. The first-order chi connectivity index (χ1) is 8.66. The lowest BCUT2D eigenvalue weighted by Gasteiger charge is -2.31. The summed E-state index contributed by atoms with van der Waals surface area (Å²) in [7, 11) is 0. The number of likely N-dealkylation sites (tertiary alicyclic amines) is 1. The first-order valence-corrected chi connectivity index (χ1v) is 6.16. The van der Waals surface area contributed by atoms with Crippen LogP contribution in [0.1, 0.15) is 25.3 Å². The van der Waals surface area contributed by atoms with E-state index in [1.54, 1.807) is 0 Å². The van der Waals surface area contributed by atoms with E-state index in [9.17, 15) is 9.59 Å². The molecule has 1 atom stereocenters. The number of Topliss-reactive ketones (excluding diaryl/α,β-unsaturated/α-hetero) is 1. The summed E-state index contributed by atoms with van der Waals surface area (Å²) >= 11 is 0. The molecule has 0 radical (unpaired) electrons. The molecule has 0 spiro atoms. The molecule has 96 valence electrons. The van der Waals surface area contributed by atoms with Crippen LogP contribution in [0.3, 0.4) is 0 Å². The maximum absolute atomic E-state index is 11.9. The Labute approximate surface area is 107 Å². The smallest absolute Gasteiger partial charge is 0.410 e. The van der Waals surface area contributed by atoms with Crippen molar-refractivity contribution in [3.8, 4) is 0 Å². The van der Waals surface area contributed by atoms with E-state index in [2.05, 4.69) is 0 Å². The van der Waals surface area contributed by atoms with Gasteiger partial charge in [-0.05, 0) is 18.9 Å². The number of rotatable bonds is 2. The predicted molar refractivity (Wildman–Crippen MR) is 67.0 cm³/mol. The molecule has 0 N–H and O–H groups in total.